The van der Waals surface area contributed by atoms with Crippen LogP contribution in [0.4, 0.5) is 9.18 Å². The number of alkyl carbamates (subject to hydrolysis) is 1. The Bertz CT molecular complexity index is 1090. The van der Waals surface area contributed by atoms with Crippen molar-refractivity contribution in [2.75, 3.05) is 13.2 Å². The average Bonchev–Trinajstić information content (AvgIpc) is 3.06. The third kappa shape index (κ3) is 3.96. The molecule has 0 saturated heterocycles. The SMILES string of the molecule is O=C(NCC#Cc1cccc(F)c1Cl)OCC1c2ccccc2-c2ccccc21. The normalized spacial score (nSPS) is 11.8. The topological polar surface area (TPSA) is 38.3 Å². The highest BCUT2D eigenvalue weighted by atomic mass is 35.5. The highest BCUT2D eigenvalue weighted by Crippen LogP contribution is 2.44. The van der Waals surface area contributed by atoms with Crippen molar-refractivity contribution >= 4 is 17.7 Å². The Kier molecular flexibility index (Phi) is 5.50. The van der Waals surface area contributed by atoms with E-state index in [4.69, 9.17) is 16.3 Å². The van der Waals surface area contributed by atoms with Gasteiger partial charge in [-0.3, -0.25) is 0 Å². The lowest BCUT2D eigenvalue weighted by Crippen LogP contribution is -2.26. The van der Waals surface area contributed by atoms with Crippen molar-refractivity contribution in [2.24, 2.45) is 0 Å². The number of amides is 1. The number of halogens is 2. The van der Waals surface area contributed by atoms with E-state index < -0.39 is 11.9 Å². The first-order chi connectivity index (χ1) is 14.1. The number of hydrogen-bond donors (Lipinski definition) is 1. The highest BCUT2D eigenvalue weighted by Gasteiger charge is 2.28. The van der Waals surface area contributed by atoms with Crippen LogP contribution in [0.1, 0.15) is 22.6 Å². The number of carbonyl (C=O) groups is 1. The molecule has 5 heteroatoms. The molecule has 144 valence electrons. The van der Waals surface area contributed by atoms with Crippen LogP contribution >= 0.6 is 11.6 Å². The van der Waals surface area contributed by atoms with Gasteiger partial charge >= 0.3 is 6.09 Å². The van der Waals surface area contributed by atoms with Crippen LogP contribution in [0.2, 0.25) is 5.02 Å². The summed E-state index contributed by atoms with van der Waals surface area (Å²) in [5, 5.41) is 2.56. The number of fused-ring (bicyclic) bond motifs is 3. The average molecular weight is 406 g/mol. The fourth-order valence-electron chi connectivity index (χ4n) is 3.51. The summed E-state index contributed by atoms with van der Waals surface area (Å²) < 4.78 is 18.8. The number of nitrogens with one attached hydrogen (secondary N) is 1. The molecule has 3 nitrogen and oxygen atoms in total. The maximum Gasteiger partial charge on any atom is 0.407 e. The summed E-state index contributed by atoms with van der Waals surface area (Å²) in [6, 6.07) is 20.7. The standard InChI is InChI=1S/C24H17ClFNO2/c25-23-16(7-5-13-22(23)26)8-6-14-27-24(28)29-15-21-19-11-3-1-9-17(19)18-10-2-4-12-20(18)21/h1-5,7,9-13,21H,14-15H2,(H,27,28). The summed E-state index contributed by atoms with van der Waals surface area (Å²) in [7, 11) is 0. The number of benzene rings is 3. The Labute approximate surface area is 173 Å². The molecule has 29 heavy (non-hydrogen) atoms. The molecule has 0 fully saturated rings. The van der Waals surface area contributed by atoms with E-state index in [1.807, 2.05) is 24.3 Å². The van der Waals surface area contributed by atoms with Gasteiger partial charge in [-0.15, -0.1) is 0 Å². The van der Waals surface area contributed by atoms with Crippen LogP contribution in [0, 0.1) is 17.7 Å². The summed E-state index contributed by atoms with van der Waals surface area (Å²) in [5.74, 6) is 4.97. The Balaban J connectivity index is 1.36. The molecule has 3 aromatic rings. The zero-order valence-corrected chi connectivity index (χ0v) is 16.2. The molecule has 0 aromatic heterocycles. The monoisotopic (exact) mass is 405 g/mol. The second-order valence-electron chi connectivity index (χ2n) is 6.58. The first kappa shape index (κ1) is 19.0. The fourth-order valence-corrected chi connectivity index (χ4v) is 3.68. The number of carbonyl (C=O) groups excluding carboxylic acids is 1. The van der Waals surface area contributed by atoms with Crippen molar-refractivity contribution in [3.63, 3.8) is 0 Å². The van der Waals surface area contributed by atoms with Crippen LogP contribution in [0.3, 0.4) is 0 Å². The summed E-state index contributed by atoms with van der Waals surface area (Å²) in [4.78, 5) is 12.1. The van der Waals surface area contributed by atoms with Gasteiger partial charge in [0.1, 0.15) is 12.4 Å². The molecule has 0 atom stereocenters. The third-order valence-electron chi connectivity index (χ3n) is 4.84. The summed E-state index contributed by atoms with van der Waals surface area (Å²) in [6.45, 7) is 0.312. The lowest BCUT2D eigenvalue weighted by Gasteiger charge is -2.14. The van der Waals surface area contributed by atoms with Gasteiger partial charge in [0.2, 0.25) is 0 Å². The molecule has 0 radical (unpaired) electrons. The quantitative estimate of drug-likeness (QED) is 0.595. The predicted octanol–water partition coefficient (Wildman–Crippen LogP) is 5.37. The van der Waals surface area contributed by atoms with E-state index in [-0.39, 0.29) is 24.1 Å². The van der Waals surface area contributed by atoms with Gasteiger partial charge in [-0.25, -0.2) is 9.18 Å². The van der Waals surface area contributed by atoms with E-state index in [2.05, 4.69) is 41.4 Å². The van der Waals surface area contributed by atoms with Gasteiger partial charge < -0.3 is 10.1 Å². The van der Waals surface area contributed by atoms with Crippen LogP contribution in [0.5, 0.6) is 0 Å². The minimum atomic E-state index is -0.550. The lowest BCUT2D eigenvalue weighted by atomic mass is 9.98. The molecule has 0 unspecified atom stereocenters. The summed E-state index contributed by atoms with van der Waals surface area (Å²) >= 11 is 5.85. The van der Waals surface area contributed by atoms with Crippen molar-refractivity contribution in [1.82, 2.24) is 5.32 Å². The number of hydrogen-bond acceptors (Lipinski definition) is 2. The Morgan fingerprint density at radius 1 is 1.00 bits per heavy atom. The Morgan fingerprint density at radius 2 is 1.66 bits per heavy atom. The minimum absolute atomic E-state index is 0.00494. The largest absolute Gasteiger partial charge is 0.449 e. The van der Waals surface area contributed by atoms with E-state index in [9.17, 15) is 9.18 Å². The van der Waals surface area contributed by atoms with Crippen molar-refractivity contribution in [3.05, 3.63) is 94.3 Å². The molecule has 0 aliphatic heterocycles. The van der Waals surface area contributed by atoms with Gasteiger partial charge in [-0.05, 0) is 34.4 Å². The van der Waals surface area contributed by atoms with Gasteiger partial charge in [-0.2, -0.15) is 0 Å². The molecule has 0 heterocycles. The second-order valence-corrected chi connectivity index (χ2v) is 6.96. The van der Waals surface area contributed by atoms with Gasteiger partial charge in [0.15, 0.2) is 0 Å². The van der Waals surface area contributed by atoms with Gasteiger partial charge in [0, 0.05) is 11.5 Å². The van der Waals surface area contributed by atoms with Crippen LogP contribution in [-0.4, -0.2) is 19.2 Å². The van der Waals surface area contributed by atoms with Gasteiger partial charge in [0.25, 0.3) is 0 Å². The van der Waals surface area contributed by atoms with Gasteiger partial charge in [-0.1, -0.05) is 78.0 Å². The van der Waals surface area contributed by atoms with Crippen molar-refractivity contribution in [2.45, 2.75) is 5.92 Å². The summed E-state index contributed by atoms with van der Waals surface area (Å²) in [6.07, 6.45) is -0.550. The van der Waals surface area contributed by atoms with Crippen LogP contribution < -0.4 is 5.32 Å². The molecule has 0 spiro atoms. The molecule has 1 aliphatic carbocycles. The van der Waals surface area contributed by atoms with Crippen molar-refractivity contribution < 1.29 is 13.9 Å². The molecule has 3 aromatic carbocycles. The van der Waals surface area contributed by atoms with E-state index >= 15 is 0 Å². The van der Waals surface area contributed by atoms with Crippen LogP contribution in [0.25, 0.3) is 11.1 Å². The Hall–Kier alpha value is -3.29. The lowest BCUT2D eigenvalue weighted by molar-refractivity contribution is 0.144. The minimum Gasteiger partial charge on any atom is -0.449 e. The number of rotatable bonds is 3. The zero-order valence-electron chi connectivity index (χ0n) is 15.4. The first-order valence-corrected chi connectivity index (χ1v) is 9.54. The molecule has 0 saturated carbocycles. The van der Waals surface area contributed by atoms with Crippen LogP contribution in [0.15, 0.2) is 66.7 Å². The highest BCUT2D eigenvalue weighted by molar-refractivity contribution is 6.31. The molecular formula is C24H17ClFNO2. The zero-order chi connectivity index (χ0) is 20.2. The predicted molar refractivity (Wildman–Crippen MR) is 111 cm³/mol. The van der Waals surface area contributed by atoms with Gasteiger partial charge in [0.05, 0.1) is 11.6 Å². The van der Waals surface area contributed by atoms with E-state index in [1.54, 1.807) is 6.07 Å². The molecule has 0 bridgehead atoms. The maximum absolute atomic E-state index is 13.4. The van der Waals surface area contributed by atoms with Crippen molar-refractivity contribution in [3.8, 4) is 23.0 Å². The molecule has 1 N–H and O–H groups in total. The molecule has 4 rings (SSSR count). The fraction of sp³-hybridized carbons (Fsp3) is 0.125. The van der Waals surface area contributed by atoms with E-state index in [1.165, 1.54) is 23.3 Å². The van der Waals surface area contributed by atoms with E-state index in [0.717, 1.165) is 11.1 Å². The second kappa shape index (κ2) is 8.38. The maximum atomic E-state index is 13.4. The molecular weight excluding hydrogens is 389 g/mol. The van der Waals surface area contributed by atoms with E-state index in [0.29, 0.717) is 5.56 Å². The smallest absolute Gasteiger partial charge is 0.407 e. The van der Waals surface area contributed by atoms with Crippen molar-refractivity contribution in [1.29, 1.82) is 0 Å². The summed E-state index contributed by atoms with van der Waals surface area (Å²) in [5.41, 5.74) is 5.04. The first-order valence-electron chi connectivity index (χ1n) is 9.17. The molecule has 1 aliphatic rings. The molecule has 1 amide bonds. The third-order valence-corrected chi connectivity index (χ3v) is 5.22. The van der Waals surface area contributed by atoms with Crippen LogP contribution in [-0.2, 0) is 4.74 Å². The Morgan fingerprint density at radius 3 is 2.34 bits per heavy atom. The number of ether oxygens (including phenoxy) is 1.